The van der Waals surface area contributed by atoms with Gasteiger partial charge in [-0.25, -0.2) is 0 Å². The maximum Gasteiger partial charge on any atom is 0.0240 e. The predicted molar refractivity (Wildman–Crippen MR) is 75.7 cm³/mol. The van der Waals surface area contributed by atoms with Gasteiger partial charge in [-0.2, -0.15) is 0 Å². The smallest absolute Gasteiger partial charge is 0.0240 e. The predicted octanol–water partition coefficient (Wildman–Crippen LogP) is 4.20. The van der Waals surface area contributed by atoms with Crippen molar-refractivity contribution in [2.75, 3.05) is 13.1 Å². The molecule has 1 heterocycles. The molecular formula is C14H20BrN. The molecule has 88 valence electrons. The molecule has 1 aliphatic heterocycles. The minimum atomic E-state index is 1.11. The Morgan fingerprint density at radius 2 is 1.62 bits per heavy atom. The summed E-state index contributed by atoms with van der Waals surface area (Å²) in [6.45, 7) is 6.22. The summed E-state index contributed by atoms with van der Waals surface area (Å²) < 4.78 is 1.29. The lowest BCUT2D eigenvalue weighted by Gasteiger charge is -2.17. The van der Waals surface area contributed by atoms with Gasteiger partial charge in [0.1, 0.15) is 0 Å². The molecule has 0 saturated carbocycles. The van der Waals surface area contributed by atoms with Gasteiger partial charge in [-0.1, -0.05) is 65.7 Å². The summed E-state index contributed by atoms with van der Waals surface area (Å²) in [6.07, 6.45) is 2.32. The van der Waals surface area contributed by atoms with E-state index in [4.69, 9.17) is 0 Å². The normalized spacial score (nSPS) is 15.1. The van der Waals surface area contributed by atoms with Crippen LogP contribution in [0.15, 0.2) is 35.9 Å². The van der Waals surface area contributed by atoms with Crippen LogP contribution in [0.1, 0.15) is 32.3 Å². The van der Waals surface area contributed by atoms with Crippen LogP contribution in [0.25, 0.3) is 4.48 Å². The average molecular weight is 282 g/mol. The van der Waals surface area contributed by atoms with Gasteiger partial charge >= 0.3 is 0 Å². The van der Waals surface area contributed by atoms with Gasteiger partial charge in [-0.15, -0.1) is 0 Å². The summed E-state index contributed by atoms with van der Waals surface area (Å²) in [7, 11) is 0. The lowest BCUT2D eigenvalue weighted by Crippen LogP contribution is -2.23. The molecule has 1 fully saturated rings. The second-order valence-electron chi connectivity index (χ2n) is 3.53. The molecule has 0 bridgehead atoms. The standard InChI is InChI=1S/C12H14BrN.C2H6/c13-12(10-4-2-1-3-5-10)11-6-8-14-9-7-11;1-2/h1-5,14H,6-9H2;1-2H3. The van der Waals surface area contributed by atoms with E-state index >= 15 is 0 Å². The van der Waals surface area contributed by atoms with Crippen molar-refractivity contribution in [1.82, 2.24) is 5.32 Å². The Labute approximate surface area is 107 Å². The van der Waals surface area contributed by atoms with Gasteiger partial charge in [0.05, 0.1) is 0 Å². The number of piperidine rings is 1. The van der Waals surface area contributed by atoms with E-state index in [1.165, 1.54) is 15.6 Å². The van der Waals surface area contributed by atoms with E-state index in [-0.39, 0.29) is 0 Å². The third-order valence-corrected chi connectivity index (χ3v) is 3.56. The Kier molecular flexibility index (Phi) is 6.43. The van der Waals surface area contributed by atoms with Gasteiger partial charge in [0, 0.05) is 4.48 Å². The Morgan fingerprint density at radius 3 is 2.19 bits per heavy atom. The van der Waals surface area contributed by atoms with Crippen LogP contribution < -0.4 is 5.32 Å². The molecule has 0 unspecified atom stereocenters. The van der Waals surface area contributed by atoms with Crippen molar-refractivity contribution in [3.8, 4) is 0 Å². The number of hydrogen-bond donors (Lipinski definition) is 1. The molecule has 0 atom stereocenters. The topological polar surface area (TPSA) is 12.0 Å². The highest BCUT2D eigenvalue weighted by molar-refractivity contribution is 9.15. The molecule has 16 heavy (non-hydrogen) atoms. The molecule has 0 spiro atoms. The summed E-state index contributed by atoms with van der Waals surface area (Å²) in [5, 5.41) is 3.37. The van der Waals surface area contributed by atoms with Crippen LogP contribution in [0.5, 0.6) is 0 Å². The van der Waals surface area contributed by atoms with Crippen molar-refractivity contribution in [3.63, 3.8) is 0 Å². The van der Waals surface area contributed by atoms with Crippen LogP contribution in [0.2, 0.25) is 0 Å². The largest absolute Gasteiger partial charge is 0.316 e. The van der Waals surface area contributed by atoms with E-state index in [1.54, 1.807) is 0 Å². The second-order valence-corrected chi connectivity index (χ2v) is 4.33. The summed E-state index contributed by atoms with van der Waals surface area (Å²) in [5.41, 5.74) is 2.83. The molecule has 0 aliphatic carbocycles. The highest BCUT2D eigenvalue weighted by Crippen LogP contribution is 2.29. The molecule has 1 aromatic carbocycles. The summed E-state index contributed by atoms with van der Waals surface area (Å²) in [4.78, 5) is 0. The fourth-order valence-electron chi connectivity index (χ4n) is 1.74. The van der Waals surface area contributed by atoms with Gasteiger partial charge in [-0.05, 0) is 31.5 Å². The molecule has 1 N–H and O–H groups in total. The summed E-state index contributed by atoms with van der Waals surface area (Å²) in [6, 6.07) is 10.5. The zero-order valence-electron chi connectivity index (χ0n) is 10.1. The molecule has 1 saturated heterocycles. The molecule has 1 nitrogen and oxygen atoms in total. The zero-order valence-corrected chi connectivity index (χ0v) is 11.7. The maximum absolute atomic E-state index is 3.70. The lowest BCUT2D eigenvalue weighted by molar-refractivity contribution is 0.613. The molecule has 2 heteroatoms. The molecule has 1 aromatic rings. The monoisotopic (exact) mass is 281 g/mol. The van der Waals surface area contributed by atoms with Crippen LogP contribution >= 0.6 is 15.9 Å². The molecule has 0 aromatic heterocycles. The molecule has 2 rings (SSSR count). The first-order chi connectivity index (χ1) is 7.88. The van der Waals surface area contributed by atoms with Crippen LogP contribution in [0.3, 0.4) is 0 Å². The fraction of sp³-hybridized carbons (Fsp3) is 0.429. The van der Waals surface area contributed by atoms with E-state index in [1.807, 2.05) is 13.8 Å². The Balaban J connectivity index is 0.000000606. The van der Waals surface area contributed by atoms with E-state index in [0.29, 0.717) is 0 Å². The van der Waals surface area contributed by atoms with Crippen LogP contribution in [0.4, 0.5) is 0 Å². The van der Waals surface area contributed by atoms with Gasteiger partial charge in [0.2, 0.25) is 0 Å². The Hall–Kier alpha value is -0.600. The minimum absolute atomic E-state index is 1.11. The quantitative estimate of drug-likeness (QED) is 0.814. The minimum Gasteiger partial charge on any atom is -0.316 e. The summed E-state index contributed by atoms with van der Waals surface area (Å²) >= 11 is 3.70. The van der Waals surface area contributed by atoms with E-state index in [0.717, 1.165) is 25.9 Å². The van der Waals surface area contributed by atoms with Crippen molar-refractivity contribution in [1.29, 1.82) is 0 Å². The third kappa shape index (κ3) is 3.76. The van der Waals surface area contributed by atoms with Crippen molar-refractivity contribution < 1.29 is 0 Å². The van der Waals surface area contributed by atoms with Crippen LogP contribution in [-0.4, -0.2) is 13.1 Å². The van der Waals surface area contributed by atoms with Gasteiger partial charge in [0.15, 0.2) is 0 Å². The number of rotatable bonds is 1. The Morgan fingerprint density at radius 1 is 1.06 bits per heavy atom. The van der Waals surface area contributed by atoms with Gasteiger partial charge < -0.3 is 5.32 Å². The van der Waals surface area contributed by atoms with Crippen LogP contribution in [0, 0.1) is 0 Å². The highest BCUT2D eigenvalue weighted by Gasteiger charge is 2.09. The van der Waals surface area contributed by atoms with E-state index < -0.39 is 0 Å². The van der Waals surface area contributed by atoms with E-state index in [9.17, 15) is 0 Å². The number of nitrogens with one attached hydrogen (secondary N) is 1. The first kappa shape index (κ1) is 13.5. The summed E-state index contributed by atoms with van der Waals surface area (Å²) in [5.74, 6) is 0. The maximum atomic E-state index is 3.70. The first-order valence-electron chi connectivity index (χ1n) is 6.01. The first-order valence-corrected chi connectivity index (χ1v) is 6.81. The number of hydrogen-bond acceptors (Lipinski definition) is 1. The highest BCUT2D eigenvalue weighted by atomic mass is 79.9. The molecule has 0 amide bonds. The van der Waals surface area contributed by atoms with Gasteiger partial charge in [0.25, 0.3) is 0 Å². The van der Waals surface area contributed by atoms with Crippen LogP contribution in [-0.2, 0) is 0 Å². The lowest BCUT2D eigenvalue weighted by atomic mass is 10.0. The van der Waals surface area contributed by atoms with Gasteiger partial charge in [-0.3, -0.25) is 0 Å². The third-order valence-electron chi connectivity index (χ3n) is 2.54. The van der Waals surface area contributed by atoms with E-state index in [2.05, 4.69) is 51.6 Å². The fourth-order valence-corrected chi connectivity index (χ4v) is 2.40. The molecule has 1 aliphatic rings. The van der Waals surface area contributed by atoms with Crippen molar-refractivity contribution in [2.24, 2.45) is 0 Å². The average Bonchev–Trinajstić information content (AvgIpc) is 2.42. The van der Waals surface area contributed by atoms with Crippen molar-refractivity contribution in [3.05, 3.63) is 41.5 Å². The second kappa shape index (κ2) is 7.64. The number of halogens is 1. The van der Waals surface area contributed by atoms with Crippen molar-refractivity contribution in [2.45, 2.75) is 26.7 Å². The Bertz CT molecular complexity index is 322. The molecule has 0 radical (unpaired) electrons. The SMILES string of the molecule is BrC(=C1CCNCC1)c1ccccc1.CC. The number of benzene rings is 1. The zero-order chi connectivity index (χ0) is 11.8. The van der Waals surface area contributed by atoms with Crippen molar-refractivity contribution >= 4 is 20.4 Å². The molecular weight excluding hydrogens is 262 g/mol.